The summed E-state index contributed by atoms with van der Waals surface area (Å²) < 4.78 is 2.27. The van der Waals surface area contributed by atoms with E-state index in [2.05, 4.69) is 69.1 Å². The van der Waals surface area contributed by atoms with Crippen molar-refractivity contribution in [3.8, 4) is 11.4 Å². The third kappa shape index (κ3) is 4.47. The van der Waals surface area contributed by atoms with Crippen LogP contribution in [0.1, 0.15) is 30.9 Å². The SMILES string of the molecule is CCCn1c(SCCCN2CCc3cc[c]cc3C2)nnc1-c1ccccc1. The zero-order valence-electron chi connectivity index (χ0n) is 16.5. The molecule has 0 fully saturated rings. The number of nitrogens with zero attached hydrogens (tertiary/aromatic N) is 4. The van der Waals surface area contributed by atoms with Crippen molar-refractivity contribution in [3.05, 3.63) is 65.7 Å². The first-order valence-electron chi connectivity index (χ1n) is 10.2. The van der Waals surface area contributed by atoms with Crippen LogP contribution in [0, 0.1) is 6.07 Å². The number of thioether (sulfide) groups is 1. The van der Waals surface area contributed by atoms with Crippen molar-refractivity contribution in [1.29, 1.82) is 0 Å². The standard InChI is InChI=1S/C23H27N4S/c1-2-14-27-22(20-10-4-3-5-11-20)24-25-23(27)28-17-8-15-26-16-13-19-9-6-7-12-21(19)18-26/h3-6,9-12H,2,8,13-18H2,1H3. The molecule has 2 heterocycles. The third-order valence-electron chi connectivity index (χ3n) is 5.19. The van der Waals surface area contributed by atoms with Crippen LogP contribution < -0.4 is 0 Å². The lowest BCUT2D eigenvalue weighted by Crippen LogP contribution is -2.31. The Balaban J connectivity index is 1.32. The Morgan fingerprint density at radius 2 is 1.96 bits per heavy atom. The van der Waals surface area contributed by atoms with Gasteiger partial charge >= 0.3 is 0 Å². The van der Waals surface area contributed by atoms with Gasteiger partial charge in [-0.25, -0.2) is 0 Å². The van der Waals surface area contributed by atoms with Crippen LogP contribution in [0.5, 0.6) is 0 Å². The second-order valence-corrected chi connectivity index (χ2v) is 8.31. The highest BCUT2D eigenvalue weighted by Gasteiger charge is 2.16. The van der Waals surface area contributed by atoms with Gasteiger partial charge in [0.15, 0.2) is 11.0 Å². The van der Waals surface area contributed by atoms with Crippen LogP contribution in [0.4, 0.5) is 0 Å². The molecular weight excluding hydrogens is 364 g/mol. The molecule has 0 saturated carbocycles. The van der Waals surface area contributed by atoms with Crippen LogP contribution in [-0.2, 0) is 19.5 Å². The maximum atomic E-state index is 4.48. The Hall–Kier alpha value is -2.11. The quantitative estimate of drug-likeness (QED) is 0.412. The predicted molar refractivity (Wildman–Crippen MR) is 115 cm³/mol. The molecule has 1 aromatic heterocycles. The molecule has 5 heteroatoms. The summed E-state index contributed by atoms with van der Waals surface area (Å²) in [5.41, 5.74) is 4.07. The molecule has 1 radical (unpaired) electrons. The van der Waals surface area contributed by atoms with E-state index in [1.54, 1.807) is 0 Å². The topological polar surface area (TPSA) is 34.0 Å². The Morgan fingerprint density at radius 1 is 1.07 bits per heavy atom. The van der Waals surface area contributed by atoms with E-state index >= 15 is 0 Å². The van der Waals surface area contributed by atoms with Gasteiger partial charge in [0.2, 0.25) is 0 Å². The van der Waals surface area contributed by atoms with Gasteiger partial charge in [0, 0.05) is 31.0 Å². The van der Waals surface area contributed by atoms with E-state index in [4.69, 9.17) is 0 Å². The van der Waals surface area contributed by atoms with Crippen molar-refractivity contribution >= 4 is 11.8 Å². The molecule has 145 valence electrons. The fraction of sp³-hybridized carbons (Fsp3) is 0.391. The summed E-state index contributed by atoms with van der Waals surface area (Å²) in [7, 11) is 0. The van der Waals surface area contributed by atoms with Crippen LogP contribution in [0.3, 0.4) is 0 Å². The van der Waals surface area contributed by atoms with Crippen LogP contribution in [0.2, 0.25) is 0 Å². The van der Waals surface area contributed by atoms with Gasteiger partial charge in [-0.2, -0.15) is 0 Å². The summed E-state index contributed by atoms with van der Waals surface area (Å²) in [6, 6.07) is 20.0. The number of hydrogen-bond acceptors (Lipinski definition) is 4. The Labute approximate surface area is 172 Å². The van der Waals surface area contributed by atoms with Crippen LogP contribution in [-0.4, -0.2) is 38.5 Å². The maximum absolute atomic E-state index is 4.48. The second kappa shape index (κ2) is 9.39. The monoisotopic (exact) mass is 391 g/mol. The minimum atomic E-state index is 0.957. The van der Waals surface area contributed by atoms with Gasteiger partial charge in [0.25, 0.3) is 0 Å². The summed E-state index contributed by atoms with van der Waals surface area (Å²) in [4.78, 5) is 2.56. The highest BCUT2D eigenvalue weighted by atomic mass is 32.2. The van der Waals surface area contributed by atoms with E-state index in [0.717, 1.165) is 67.7 Å². The van der Waals surface area contributed by atoms with Crippen molar-refractivity contribution in [3.63, 3.8) is 0 Å². The molecule has 0 unspecified atom stereocenters. The molecule has 0 aliphatic carbocycles. The second-order valence-electron chi connectivity index (χ2n) is 7.25. The summed E-state index contributed by atoms with van der Waals surface area (Å²) in [6.45, 7) is 6.51. The molecule has 2 aromatic carbocycles. The molecule has 3 aromatic rings. The molecular formula is C23H27N4S. The maximum Gasteiger partial charge on any atom is 0.191 e. The lowest BCUT2D eigenvalue weighted by atomic mass is 10.00. The highest BCUT2D eigenvalue weighted by molar-refractivity contribution is 7.99. The van der Waals surface area contributed by atoms with E-state index in [9.17, 15) is 0 Å². The number of hydrogen-bond donors (Lipinski definition) is 0. The number of rotatable bonds is 8. The van der Waals surface area contributed by atoms with E-state index in [-0.39, 0.29) is 0 Å². The summed E-state index contributed by atoms with van der Waals surface area (Å²) in [5.74, 6) is 2.05. The summed E-state index contributed by atoms with van der Waals surface area (Å²) in [5, 5.41) is 10.0. The first-order chi connectivity index (χ1) is 13.8. The largest absolute Gasteiger partial charge is 0.302 e. The molecule has 0 amide bonds. The van der Waals surface area contributed by atoms with Crippen molar-refractivity contribution < 1.29 is 0 Å². The van der Waals surface area contributed by atoms with Crippen molar-refractivity contribution in [1.82, 2.24) is 19.7 Å². The van der Waals surface area contributed by atoms with E-state index in [1.165, 1.54) is 11.1 Å². The summed E-state index contributed by atoms with van der Waals surface area (Å²) >= 11 is 1.83. The van der Waals surface area contributed by atoms with Gasteiger partial charge in [-0.3, -0.25) is 4.90 Å². The van der Waals surface area contributed by atoms with Crippen molar-refractivity contribution in [2.45, 2.75) is 44.4 Å². The number of fused-ring (bicyclic) bond motifs is 1. The Morgan fingerprint density at radius 3 is 2.82 bits per heavy atom. The highest BCUT2D eigenvalue weighted by Crippen LogP contribution is 2.25. The smallest absolute Gasteiger partial charge is 0.191 e. The van der Waals surface area contributed by atoms with E-state index in [0.29, 0.717) is 0 Å². The molecule has 0 bridgehead atoms. The molecule has 0 N–H and O–H groups in total. The zero-order chi connectivity index (χ0) is 19.2. The molecule has 4 nitrogen and oxygen atoms in total. The van der Waals surface area contributed by atoms with Crippen LogP contribution in [0.25, 0.3) is 11.4 Å². The average Bonchev–Trinajstić information content (AvgIpc) is 3.14. The molecule has 1 aliphatic heterocycles. The first kappa shape index (κ1) is 19.2. The molecule has 4 rings (SSSR count). The van der Waals surface area contributed by atoms with Gasteiger partial charge in [-0.15, -0.1) is 10.2 Å². The molecule has 0 spiro atoms. The number of aromatic nitrogens is 3. The third-order valence-corrected chi connectivity index (χ3v) is 6.24. The molecule has 0 atom stereocenters. The van der Waals surface area contributed by atoms with Gasteiger partial charge in [-0.05, 0) is 49.1 Å². The van der Waals surface area contributed by atoms with Gasteiger partial charge < -0.3 is 4.57 Å². The molecule has 28 heavy (non-hydrogen) atoms. The average molecular weight is 392 g/mol. The normalized spacial score (nSPS) is 14.2. The van der Waals surface area contributed by atoms with Crippen molar-refractivity contribution in [2.75, 3.05) is 18.8 Å². The zero-order valence-corrected chi connectivity index (χ0v) is 17.3. The Bertz CT molecular complexity index is 891. The van der Waals surface area contributed by atoms with Gasteiger partial charge in [-0.1, -0.05) is 61.2 Å². The molecule has 0 saturated heterocycles. The van der Waals surface area contributed by atoms with Gasteiger partial charge in [0.05, 0.1) is 0 Å². The lowest BCUT2D eigenvalue weighted by molar-refractivity contribution is 0.255. The predicted octanol–water partition coefficient (Wildman–Crippen LogP) is 4.70. The fourth-order valence-corrected chi connectivity index (χ4v) is 4.64. The van der Waals surface area contributed by atoms with Crippen LogP contribution >= 0.6 is 11.8 Å². The fourth-order valence-electron chi connectivity index (χ4n) is 3.75. The first-order valence-corrected chi connectivity index (χ1v) is 11.2. The molecule has 1 aliphatic rings. The number of benzene rings is 2. The Kier molecular flexibility index (Phi) is 6.45. The minimum absolute atomic E-state index is 0.957. The van der Waals surface area contributed by atoms with Crippen LogP contribution in [0.15, 0.2) is 53.7 Å². The van der Waals surface area contributed by atoms with Gasteiger partial charge in [0.1, 0.15) is 0 Å². The van der Waals surface area contributed by atoms with E-state index < -0.39 is 0 Å². The van der Waals surface area contributed by atoms with E-state index in [1.807, 2.05) is 23.9 Å². The lowest BCUT2D eigenvalue weighted by Gasteiger charge is -2.28. The minimum Gasteiger partial charge on any atom is -0.302 e. The van der Waals surface area contributed by atoms with Crippen molar-refractivity contribution in [2.24, 2.45) is 0 Å². The summed E-state index contributed by atoms with van der Waals surface area (Å²) in [6.07, 6.45) is 3.40.